The van der Waals surface area contributed by atoms with Crippen molar-refractivity contribution < 1.29 is 13.6 Å². The Kier molecular flexibility index (Phi) is 5.35. The summed E-state index contributed by atoms with van der Waals surface area (Å²) in [6, 6.07) is 2.67. The van der Waals surface area contributed by atoms with Crippen LogP contribution in [0.5, 0.6) is 0 Å². The van der Waals surface area contributed by atoms with Gasteiger partial charge in [0.1, 0.15) is 11.6 Å². The molecule has 0 spiro atoms. The Morgan fingerprint density at radius 3 is 2.47 bits per heavy atom. The molecule has 0 aliphatic rings. The number of carbonyl (C=O) groups excluding carboxylic acids is 1. The number of alkyl halides is 1. The molecule has 1 aromatic carbocycles. The predicted molar refractivity (Wildman–Crippen MR) is 63.2 cm³/mol. The van der Waals surface area contributed by atoms with E-state index >= 15 is 0 Å². The first kappa shape index (κ1) is 13.9. The highest BCUT2D eigenvalue weighted by Gasteiger charge is 2.11. The fourth-order valence-electron chi connectivity index (χ4n) is 1.45. The zero-order valence-corrected chi connectivity index (χ0v) is 10.2. The van der Waals surface area contributed by atoms with Crippen molar-refractivity contribution in [3.8, 4) is 0 Å². The van der Waals surface area contributed by atoms with Gasteiger partial charge in [0.05, 0.1) is 0 Å². The van der Waals surface area contributed by atoms with Crippen molar-refractivity contribution in [1.29, 1.82) is 0 Å². The van der Waals surface area contributed by atoms with Crippen LogP contribution in [0, 0.1) is 11.6 Å². The summed E-state index contributed by atoms with van der Waals surface area (Å²) < 4.78 is 25.8. The highest BCUT2D eigenvalue weighted by Crippen LogP contribution is 2.08. The van der Waals surface area contributed by atoms with E-state index in [2.05, 4.69) is 5.32 Å². The number of benzene rings is 1. The Bertz CT molecular complexity index is 378. The third-order valence-electron chi connectivity index (χ3n) is 2.27. The number of hydrogen-bond donors (Lipinski definition) is 1. The minimum atomic E-state index is -0.761. The first-order valence-electron chi connectivity index (χ1n) is 5.36. The minimum Gasteiger partial charge on any atom is -0.350 e. The molecule has 0 bridgehead atoms. The first-order valence-corrected chi connectivity index (χ1v) is 5.89. The molecular formula is C12H14ClF2NO. The first-order chi connectivity index (χ1) is 8.02. The molecule has 0 radical (unpaired) electrons. The van der Waals surface area contributed by atoms with Crippen LogP contribution in [0.2, 0.25) is 0 Å². The standard InChI is InChI=1S/C12H14ClF2NO/c1-8(3-2-4-13)16-12(17)9-5-10(14)7-11(15)6-9/h5-8H,2-4H2,1H3,(H,16,17). The molecular weight excluding hydrogens is 248 g/mol. The van der Waals surface area contributed by atoms with Gasteiger partial charge in [-0.2, -0.15) is 0 Å². The molecule has 0 aromatic heterocycles. The van der Waals surface area contributed by atoms with Gasteiger partial charge < -0.3 is 5.32 Å². The fourth-order valence-corrected chi connectivity index (χ4v) is 1.60. The van der Waals surface area contributed by atoms with Crippen molar-refractivity contribution in [3.05, 3.63) is 35.4 Å². The molecule has 1 aromatic rings. The molecule has 0 fully saturated rings. The summed E-state index contributed by atoms with van der Waals surface area (Å²) in [5, 5.41) is 2.65. The highest BCUT2D eigenvalue weighted by molar-refractivity contribution is 6.17. The van der Waals surface area contributed by atoms with Crippen LogP contribution in [0.3, 0.4) is 0 Å². The van der Waals surface area contributed by atoms with Crippen LogP contribution in [-0.2, 0) is 0 Å². The van der Waals surface area contributed by atoms with Gasteiger partial charge in [0, 0.05) is 23.6 Å². The summed E-state index contributed by atoms with van der Waals surface area (Å²) in [4.78, 5) is 11.6. The molecule has 1 atom stereocenters. The number of amides is 1. The number of nitrogens with one attached hydrogen (secondary N) is 1. The zero-order chi connectivity index (χ0) is 12.8. The smallest absolute Gasteiger partial charge is 0.251 e. The second-order valence-corrected chi connectivity index (χ2v) is 4.24. The zero-order valence-electron chi connectivity index (χ0n) is 9.47. The monoisotopic (exact) mass is 261 g/mol. The van der Waals surface area contributed by atoms with Crippen LogP contribution in [-0.4, -0.2) is 17.8 Å². The molecule has 0 heterocycles. The maximum absolute atomic E-state index is 12.9. The van der Waals surface area contributed by atoms with Gasteiger partial charge in [-0.05, 0) is 31.9 Å². The summed E-state index contributed by atoms with van der Waals surface area (Å²) in [7, 11) is 0. The van der Waals surface area contributed by atoms with E-state index in [0.29, 0.717) is 5.88 Å². The van der Waals surface area contributed by atoms with Crippen LogP contribution in [0.25, 0.3) is 0 Å². The lowest BCUT2D eigenvalue weighted by Gasteiger charge is -2.13. The summed E-state index contributed by atoms with van der Waals surface area (Å²) in [5.41, 5.74) is -0.0137. The lowest BCUT2D eigenvalue weighted by Crippen LogP contribution is -2.32. The van der Waals surface area contributed by atoms with Crippen LogP contribution in [0.4, 0.5) is 8.78 Å². The molecule has 94 valence electrons. The average Bonchev–Trinajstić information content (AvgIpc) is 2.25. The Hall–Kier alpha value is -1.16. The Labute approximate surface area is 104 Å². The quantitative estimate of drug-likeness (QED) is 0.811. The third-order valence-corrected chi connectivity index (χ3v) is 2.54. The van der Waals surface area contributed by atoms with Crippen LogP contribution >= 0.6 is 11.6 Å². The van der Waals surface area contributed by atoms with Gasteiger partial charge in [0.15, 0.2) is 0 Å². The molecule has 0 aliphatic carbocycles. The Morgan fingerprint density at radius 1 is 1.35 bits per heavy atom. The topological polar surface area (TPSA) is 29.1 Å². The molecule has 1 unspecified atom stereocenters. The van der Waals surface area contributed by atoms with Crippen LogP contribution in [0.15, 0.2) is 18.2 Å². The summed E-state index contributed by atoms with van der Waals surface area (Å²) >= 11 is 5.53. The maximum Gasteiger partial charge on any atom is 0.251 e. The van der Waals surface area contributed by atoms with Gasteiger partial charge in [-0.3, -0.25) is 4.79 Å². The van der Waals surface area contributed by atoms with Gasteiger partial charge in [-0.25, -0.2) is 8.78 Å². The maximum atomic E-state index is 12.9. The van der Waals surface area contributed by atoms with Crippen molar-refractivity contribution in [2.45, 2.75) is 25.8 Å². The highest BCUT2D eigenvalue weighted by atomic mass is 35.5. The van der Waals surface area contributed by atoms with Crippen LogP contribution < -0.4 is 5.32 Å². The van der Waals surface area contributed by atoms with Gasteiger partial charge in [-0.15, -0.1) is 11.6 Å². The molecule has 1 rings (SSSR count). The molecule has 2 nitrogen and oxygen atoms in total. The predicted octanol–water partition coefficient (Wildman–Crippen LogP) is 3.10. The molecule has 0 aliphatic heterocycles. The molecule has 0 saturated heterocycles. The largest absolute Gasteiger partial charge is 0.350 e. The molecule has 5 heteroatoms. The fraction of sp³-hybridized carbons (Fsp3) is 0.417. The lowest BCUT2D eigenvalue weighted by atomic mass is 10.1. The van der Waals surface area contributed by atoms with E-state index in [-0.39, 0.29) is 11.6 Å². The molecule has 17 heavy (non-hydrogen) atoms. The Balaban J connectivity index is 2.63. The average molecular weight is 262 g/mol. The molecule has 1 amide bonds. The third kappa shape index (κ3) is 4.69. The molecule has 0 saturated carbocycles. The van der Waals surface area contributed by atoms with Gasteiger partial charge in [-0.1, -0.05) is 0 Å². The Morgan fingerprint density at radius 2 is 1.94 bits per heavy atom. The summed E-state index contributed by atoms with van der Waals surface area (Å²) in [6.07, 6.45) is 1.51. The lowest BCUT2D eigenvalue weighted by molar-refractivity contribution is 0.0937. The van der Waals surface area contributed by atoms with Gasteiger partial charge >= 0.3 is 0 Å². The van der Waals surface area contributed by atoms with E-state index in [1.807, 2.05) is 6.92 Å². The van der Waals surface area contributed by atoms with E-state index in [4.69, 9.17) is 11.6 Å². The second kappa shape index (κ2) is 6.55. The van der Waals surface area contributed by atoms with Gasteiger partial charge in [0.2, 0.25) is 0 Å². The number of halogens is 3. The summed E-state index contributed by atoms with van der Waals surface area (Å²) in [5.74, 6) is -1.48. The van der Waals surface area contributed by atoms with Crippen molar-refractivity contribution >= 4 is 17.5 Å². The number of rotatable bonds is 5. The van der Waals surface area contributed by atoms with Crippen molar-refractivity contribution in [2.75, 3.05) is 5.88 Å². The SMILES string of the molecule is CC(CCCCl)NC(=O)c1cc(F)cc(F)c1. The van der Waals surface area contributed by atoms with E-state index < -0.39 is 17.5 Å². The van der Waals surface area contributed by atoms with Crippen molar-refractivity contribution in [1.82, 2.24) is 5.32 Å². The van der Waals surface area contributed by atoms with Gasteiger partial charge in [0.25, 0.3) is 5.91 Å². The van der Waals surface area contributed by atoms with Crippen LogP contribution in [0.1, 0.15) is 30.1 Å². The van der Waals surface area contributed by atoms with Crippen molar-refractivity contribution in [2.24, 2.45) is 0 Å². The van der Waals surface area contributed by atoms with E-state index in [0.717, 1.165) is 31.0 Å². The van der Waals surface area contributed by atoms with E-state index in [9.17, 15) is 13.6 Å². The normalized spacial score (nSPS) is 12.2. The van der Waals surface area contributed by atoms with E-state index in [1.54, 1.807) is 0 Å². The summed E-state index contributed by atoms with van der Waals surface area (Å²) in [6.45, 7) is 1.82. The minimum absolute atomic E-state index is 0.0137. The number of hydrogen-bond acceptors (Lipinski definition) is 1. The number of carbonyl (C=O) groups is 1. The van der Waals surface area contributed by atoms with E-state index in [1.165, 1.54) is 0 Å². The van der Waals surface area contributed by atoms with Crippen molar-refractivity contribution in [3.63, 3.8) is 0 Å². The molecule has 1 N–H and O–H groups in total. The second-order valence-electron chi connectivity index (χ2n) is 3.86.